The van der Waals surface area contributed by atoms with Gasteiger partial charge in [-0.2, -0.15) is 0 Å². The average molecular weight is 462 g/mol. The van der Waals surface area contributed by atoms with Gasteiger partial charge in [-0.1, -0.05) is 0 Å². The van der Waals surface area contributed by atoms with Crippen molar-refractivity contribution in [2.75, 3.05) is 0 Å². The van der Waals surface area contributed by atoms with Gasteiger partial charge in [0.15, 0.2) is 0 Å². The first-order chi connectivity index (χ1) is 16.3. The van der Waals surface area contributed by atoms with Crippen molar-refractivity contribution in [1.82, 2.24) is 10.6 Å². The number of carbonyl (C=O) groups is 6. The van der Waals surface area contributed by atoms with Crippen LogP contribution >= 0.6 is 0 Å². The molecule has 2 aromatic carbocycles. The van der Waals surface area contributed by atoms with Gasteiger partial charge in [0, 0.05) is 0 Å². The number of hydrogen-bond acceptors (Lipinski definition) is 8. The molecule has 4 amide bonds. The van der Waals surface area contributed by atoms with Gasteiger partial charge in [0.05, 0.1) is 33.4 Å². The van der Waals surface area contributed by atoms with E-state index in [2.05, 4.69) is 10.6 Å². The normalized spacial score (nSPS) is 20.8. The van der Waals surface area contributed by atoms with Crippen LogP contribution in [0, 0.1) is 0 Å². The molecule has 2 N–H and O–H groups in total. The molecule has 1 aliphatic carbocycles. The van der Waals surface area contributed by atoms with E-state index in [1.165, 1.54) is 36.4 Å². The molecule has 0 bridgehead atoms. The third kappa shape index (κ3) is 3.83. The Hall–Kier alpha value is -4.34. The molecule has 1 fully saturated rings. The number of rotatable bonds is 4. The number of benzene rings is 2. The lowest BCUT2D eigenvalue weighted by Crippen LogP contribution is -2.30. The fraction of sp³-hybridized carbons (Fsp3) is 0.250. The lowest BCUT2D eigenvalue weighted by molar-refractivity contribution is -0.0108. The summed E-state index contributed by atoms with van der Waals surface area (Å²) >= 11 is 0. The molecule has 5 rings (SSSR count). The predicted molar refractivity (Wildman–Crippen MR) is 113 cm³/mol. The minimum absolute atomic E-state index is 0.142. The van der Waals surface area contributed by atoms with Crippen LogP contribution in [0.2, 0.25) is 0 Å². The van der Waals surface area contributed by atoms with E-state index in [9.17, 15) is 28.8 Å². The Morgan fingerprint density at radius 3 is 1.32 bits per heavy atom. The summed E-state index contributed by atoms with van der Waals surface area (Å²) in [5.41, 5.74) is 1.08. The smallest absolute Gasteiger partial charge is 0.338 e. The number of hydrogen-bond donors (Lipinski definition) is 2. The van der Waals surface area contributed by atoms with Crippen molar-refractivity contribution in [3.8, 4) is 0 Å². The van der Waals surface area contributed by atoms with Gasteiger partial charge in [-0.05, 0) is 62.1 Å². The molecule has 2 aliphatic heterocycles. The van der Waals surface area contributed by atoms with Crippen molar-refractivity contribution in [2.45, 2.75) is 37.9 Å². The Labute approximate surface area is 192 Å². The molecule has 34 heavy (non-hydrogen) atoms. The fourth-order valence-electron chi connectivity index (χ4n) is 4.30. The van der Waals surface area contributed by atoms with E-state index in [4.69, 9.17) is 9.47 Å². The summed E-state index contributed by atoms with van der Waals surface area (Å²) in [5, 5.41) is 4.34. The van der Waals surface area contributed by atoms with Crippen LogP contribution in [0.25, 0.3) is 0 Å². The Morgan fingerprint density at radius 2 is 0.941 bits per heavy atom. The van der Waals surface area contributed by atoms with Gasteiger partial charge in [-0.3, -0.25) is 29.8 Å². The first kappa shape index (κ1) is 21.5. The number of carbonyl (C=O) groups excluding carboxylic acids is 6. The van der Waals surface area contributed by atoms with Gasteiger partial charge >= 0.3 is 11.9 Å². The van der Waals surface area contributed by atoms with Crippen molar-refractivity contribution in [1.29, 1.82) is 0 Å². The number of imide groups is 2. The monoisotopic (exact) mass is 462 g/mol. The number of amides is 4. The van der Waals surface area contributed by atoms with Crippen LogP contribution in [0.15, 0.2) is 36.4 Å². The van der Waals surface area contributed by atoms with Crippen LogP contribution in [-0.4, -0.2) is 47.8 Å². The zero-order valence-corrected chi connectivity index (χ0v) is 17.7. The first-order valence-electron chi connectivity index (χ1n) is 10.7. The number of nitrogens with one attached hydrogen (secondary N) is 2. The van der Waals surface area contributed by atoms with E-state index >= 15 is 0 Å². The summed E-state index contributed by atoms with van der Waals surface area (Å²) < 4.78 is 11.1. The van der Waals surface area contributed by atoms with Gasteiger partial charge in [0.1, 0.15) is 12.2 Å². The van der Waals surface area contributed by atoms with Crippen molar-refractivity contribution in [3.63, 3.8) is 0 Å². The van der Waals surface area contributed by atoms with Crippen LogP contribution in [0.4, 0.5) is 0 Å². The topological polar surface area (TPSA) is 145 Å². The van der Waals surface area contributed by atoms with Crippen molar-refractivity contribution in [2.24, 2.45) is 0 Å². The van der Waals surface area contributed by atoms with Crippen LogP contribution in [0.5, 0.6) is 0 Å². The van der Waals surface area contributed by atoms with Gasteiger partial charge in [0.2, 0.25) is 0 Å². The molecule has 0 aromatic heterocycles. The molecule has 0 radical (unpaired) electrons. The van der Waals surface area contributed by atoms with Gasteiger partial charge < -0.3 is 9.47 Å². The first-order valence-corrected chi connectivity index (χ1v) is 10.7. The highest BCUT2D eigenvalue weighted by atomic mass is 16.6. The Balaban J connectivity index is 1.15. The van der Waals surface area contributed by atoms with Crippen LogP contribution in [0.1, 0.15) is 87.8 Å². The molecule has 2 heterocycles. The summed E-state index contributed by atoms with van der Waals surface area (Å²) in [5.74, 6) is -3.28. The number of ether oxygens (including phenoxy) is 2. The van der Waals surface area contributed by atoms with Gasteiger partial charge in [-0.15, -0.1) is 0 Å². The van der Waals surface area contributed by atoms with Gasteiger partial charge in [-0.25, -0.2) is 9.59 Å². The van der Waals surface area contributed by atoms with Gasteiger partial charge in [0.25, 0.3) is 23.6 Å². The molecule has 0 spiro atoms. The zero-order chi connectivity index (χ0) is 24.0. The fourth-order valence-corrected chi connectivity index (χ4v) is 4.30. The second-order valence-corrected chi connectivity index (χ2v) is 8.30. The third-order valence-corrected chi connectivity index (χ3v) is 6.11. The van der Waals surface area contributed by atoms with Crippen molar-refractivity contribution < 1.29 is 38.2 Å². The highest BCUT2D eigenvalue weighted by molar-refractivity contribution is 6.22. The Bertz CT molecular complexity index is 1190. The largest absolute Gasteiger partial charge is 0.459 e. The molecule has 172 valence electrons. The van der Waals surface area contributed by atoms with E-state index in [1.54, 1.807) is 0 Å². The minimum Gasteiger partial charge on any atom is -0.459 e. The minimum atomic E-state index is -0.596. The molecule has 10 nitrogen and oxygen atoms in total. The number of fused-ring (bicyclic) bond motifs is 2. The Morgan fingerprint density at radius 1 is 0.588 bits per heavy atom. The maximum atomic E-state index is 12.5. The lowest BCUT2D eigenvalue weighted by atomic mass is 9.94. The molecular formula is C24H18N2O8. The maximum absolute atomic E-state index is 12.5. The van der Waals surface area contributed by atoms with Crippen molar-refractivity contribution >= 4 is 35.6 Å². The SMILES string of the molecule is O=C(OC1CCC(OC(=O)c2ccc3c(c2)C(=O)NC3=O)CC1)c1ccc2c(c1)C(=O)NC2=O. The van der Waals surface area contributed by atoms with E-state index in [0.717, 1.165) is 0 Å². The summed E-state index contributed by atoms with van der Waals surface area (Å²) in [6.45, 7) is 0. The second kappa shape index (κ2) is 8.22. The van der Waals surface area contributed by atoms with Crippen LogP contribution < -0.4 is 10.6 Å². The predicted octanol–water partition coefficient (Wildman–Crippen LogP) is 1.78. The molecule has 2 aromatic rings. The molecule has 0 atom stereocenters. The standard InChI is InChI=1S/C24H18N2O8/c27-19-15-7-1-11(9-17(15)21(29)25-19)23(31)33-13-3-5-14(6-4-13)34-24(32)12-2-8-16-18(10-12)22(30)26-20(16)28/h1-2,7-10,13-14H,3-6H2,(H,25,27,29)(H,26,28,30). The van der Waals surface area contributed by atoms with E-state index in [1.807, 2.05) is 0 Å². The third-order valence-electron chi connectivity index (χ3n) is 6.11. The summed E-state index contributed by atoms with van der Waals surface area (Å²) in [4.78, 5) is 71.9. The quantitative estimate of drug-likeness (QED) is 0.517. The second-order valence-electron chi connectivity index (χ2n) is 8.30. The van der Waals surface area contributed by atoms with Crippen LogP contribution in [-0.2, 0) is 9.47 Å². The van der Waals surface area contributed by atoms with E-state index in [-0.39, 0.29) is 45.6 Å². The Kier molecular flexibility index (Phi) is 5.20. The van der Waals surface area contributed by atoms with E-state index < -0.39 is 35.6 Å². The lowest BCUT2D eigenvalue weighted by Gasteiger charge is -2.28. The highest BCUT2D eigenvalue weighted by Crippen LogP contribution is 2.27. The van der Waals surface area contributed by atoms with E-state index in [0.29, 0.717) is 25.7 Å². The summed E-state index contributed by atoms with van der Waals surface area (Å²) in [6, 6.07) is 8.40. The molecular weight excluding hydrogens is 444 g/mol. The maximum Gasteiger partial charge on any atom is 0.338 e. The van der Waals surface area contributed by atoms with Crippen molar-refractivity contribution in [3.05, 3.63) is 69.8 Å². The number of esters is 2. The molecule has 0 saturated heterocycles. The summed E-state index contributed by atoms with van der Waals surface area (Å²) in [7, 11) is 0. The molecule has 1 saturated carbocycles. The average Bonchev–Trinajstić information content (AvgIpc) is 3.28. The zero-order valence-electron chi connectivity index (χ0n) is 17.7. The molecule has 10 heteroatoms. The summed E-state index contributed by atoms with van der Waals surface area (Å²) in [6.07, 6.45) is 1.18. The molecule has 3 aliphatic rings. The van der Waals surface area contributed by atoms with Crippen LogP contribution in [0.3, 0.4) is 0 Å². The molecule has 0 unspecified atom stereocenters. The highest BCUT2D eigenvalue weighted by Gasteiger charge is 2.31.